The Balaban J connectivity index is 1.41. The lowest BCUT2D eigenvalue weighted by molar-refractivity contribution is -0.140. The number of thiophene rings is 1. The van der Waals surface area contributed by atoms with Crippen LogP contribution in [0.5, 0.6) is 0 Å². The molecule has 1 saturated heterocycles. The summed E-state index contributed by atoms with van der Waals surface area (Å²) in [6, 6.07) is 7.19. The van der Waals surface area contributed by atoms with Crippen molar-refractivity contribution in [1.82, 2.24) is 20.7 Å². The zero-order chi connectivity index (χ0) is 22.0. The van der Waals surface area contributed by atoms with Crippen molar-refractivity contribution in [3.05, 3.63) is 46.0 Å². The lowest BCUT2D eigenvalue weighted by atomic mass is 9.77. The third-order valence-electron chi connectivity index (χ3n) is 6.03. The highest BCUT2D eigenvalue weighted by Crippen LogP contribution is 2.35. The Kier molecular flexibility index (Phi) is 6.15. The standard InChI is InChI=1S/C22H28N4O4S/c1-15-7-9-22(10-8-15)20(28)26(21(29)23-22)24-19(27)14-25(12-17-4-3-11-30-17)13-18-6-5-16(2)31-18/h3-6,11,15H,7-10,12-14H2,1-2H3,(H,23,29)(H,24,27). The molecule has 31 heavy (non-hydrogen) atoms. The maximum absolute atomic E-state index is 13.0. The van der Waals surface area contributed by atoms with Gasteiger partial charge in [-0.3, -0.25) is 19.9 Å². The lowest BCUT2D eigenvalue weighted by Crippen LogP contribution is -2.52. The number of hydrazine groups is 1. The molecule has 8 nitrogen and oxygen atoms in total. The first-order chi connectivity index (χ1) is 14.8. The summed E-state index contributed by atoms with van der Waals surface area (Å²) < 4.78 is 5.44. The Morgan fingerprint density at radius 2 is 2.06 bits per heavy atom. The molecular formula is C22H28N4O4S. The van der Waals surface area contributed by atoms with Crippen molar-refractivity contribution in [2.24, 2.45) is 5.92 Å². The van der Waals surface area contributed by atoms with E-state index in [9.17, 15) is 14.4 Å². The SMILES string of the molecule is Cc1ccc(CN(CC(=O)NN2C(=O)NC3(CCC(C)CC3)C2=O)Cc2ccco2)s1. The van der Waals surface area contributed by atoms with E-state index in [1.54, 1.807) is 23.7 Å². The second-order valence-electron chi connectivity index (χ2n) is 8.61. The largest absolute Gasteiger partial charge is 0.468 e. The Labute approximate surface area is 185 Å². The van der Waals surface area contributed by atoms with Gasteiger partial charge in [-0.05, 0) is 62.8 Å². The lowest BCUT2D eigenvalue weighted by Gasteiger charge is -2.33. The number of carbonyl (C=O) groups excluding carboxylic acids is 3. The minimum atomic E-state index is -0.876. The number of aryl methyl sites for hydroxylation is 1. The van der Waals surface area contributed by atoms with Crippen molar-refractivity contribution >= 4 is 29.2 Å². The van der Waals surface area contributed by atoms with Gasteiger partial charge in [0.25, 0.3) is 11.8 Å². The molecule has 2 N–H and O–H groups in total. The van der Waals surface area contributed by atoms with Crippen LogP contribution in [0, 0.1) is 12.8 Å². The molecule has 0 aromatic carbocycles. The smallest absolute Gasteiger partial charge is 0.344 e. The molecule has 4 rings (SSSR count). The first kappa shape index (κ1) is 21.6. The van der Waals surface area contributed by atoms with Gasteiger partial charge in [-0.15, -0.1) is 11.3 Å². The molecule has 0 unspecified atom stereocenters. The number of nitrogens with zero attached hydrogens (tertiary/aromatic N) is 2. The van der Waals surface area contributed by atoms with Gasteiger partial charge in [0.2, 0.25) is 0 Å². The zero-order valence-electron chi connectivity index (χ0n) is 17.8. The fourth-order valence-electron chi connectivity index (χ4n) is 4.26. The molecule has 4 amide bonds. The van der Waals surface area contributed by atoms with Crippen LogP contribution in [0.2, 0.25) is 0 Å². The number of nitrogens with one attached hydrogen (secondary N) is 2. The van der Waals surface area contributed by atoms with Crippen LogP contribution in [0.4, 0.5) is 4.79 Å². The minimum absolute atomic E-state index is 0.0265. The van der Waals surface area contributed by atoms with Crippen molar-refractivity contribution in [3.8, 4) is 0 Å². The van der Waals surface area contributed by atoms with Crippen LogP contribution in [0.15, 0.2) is 34.9 Å². The molecule has 1 aliphatic carbocycles. The monoisotopic (exact) mass is 444 g/mol. The normalized spacial score (nSPS) is 23.6. The molecule has 1 saturated carbocycles. The first-order valence-electron chi connectivity index (χ1n) is 10.6. The molecule has 2 fully saturated rings. The van der Waals surface area contributed by atoms with E-state index in [2.05, 4.69) is 17.7 Å². The molecule has 0 radical (unpaired) electrons. The highest BCUT2D eigenvalue weighted by molar-refractivity contribution is 7.11. The van der Waals surface area contributed by atoms with E-state index in [1.807, 2.05) is 30.0 Å². The molecule has 2 aromatic rings. The van der Waals surface area contributed by atoms with E-state index in [1.165, 1.54) is 4.88 Å². The minimum Gasteiger partial charge on any atom is -0.468 e. The maximum Gasteiger partial charge on any atom is 0.344 e. The number of imide groups is 1. The molecule has 1 spiro atoms. The summed E-state index contributed by atoms with van der Waals surface area (Å²) in [5.74, 6) is 0.509. The molecule has 9 heteroatoms. The summed E-state index contributed by atoms with van der Waals surface area (Å²) in [7, 11) is 0. The average molecular weight is 445 g/mol. The summed E-state index contributed by atoms with van der Waals surface area (Å²) in [6.07, 6.45) is 4.57. The Bertz CT molecular complexity index is 947. The highest BCUT2D eigenvalue weighted by Gasteiger charge is 2.52. The van der Waals surface area contributed by atoms with Crippen LogP contribution in [0.3, 0.4) is 0 Å². The van der Waals surface area contributed by atoms with Gasteiger partial charge >= 0.3 is 6.03 Å². The Morgan fingerprint density at radius 3 is 2.71 bits per heavy atom. The molecule has 2 aromatic heterocycles. The molecule has 1 aliphatic heterocycles. The number of rotatable bonds is 7. The third kappa shape index (κ3) is 4.83. The number of carbonyl (C=O) groups is 3. The number of amides is 4. The number of hydrogen-bond acceptors (Lipinski definition) is 6. The second-order valence-corrected chi connectivity index (χ2v) is 9.98. The van der Waals surface area contributed by atoms with Crippen molar-refractivity contribution in [1.29, 1.82) is 0 Å². The van der Waals surface area contributed by atoms with E-state index >= 15 is 0 Å². The van der Waals surface area contributed by atoms with Crippen LogP contribution in [0.1, 0.15) is 48.1 Å². The second kappa shape index (κ2) is 8.84. The van der Waals surface area contributed by atoms with Crippen LogP contribution in [0.25, 0.3) is 0 Å². The van der Waals surface area contributed by atoms with E-state index < -0.39 is 17.5 Å². The van der Waals surface area contributed by atoms with Crippen LogP contribution in [-0.2, 0) is 22.7 Å². The van der Waals surface area contributed by atoms with Gasteiger partial charge in [0.15, 0.2) is 0 Å². The predicted molar refractivity (Wildman–Crippen MR) is 116 cm³/mol. The molecule has 166 valence electrons. The maximum atomic E-state index is 13.0. The molecule has 0 bridgehead atoms. The number of hydrogen-bond donors (Lipinski definition) is 2. The van der Waals surface area contributed by atoms with E-state index in [-0.39, 0.29) is 12.5 Å². The van der Waals surface area contributed by atoms with E-state index in [0.29, 0.717) is 31.8 Å². The number of urea groups is 1. The summed E-state index contributed by atoms with van der Waals surface area (Å²) in [5.41, 5.74) is 1.65. The summed E-state index contributed by atoms with van der Waals surface area (Å²) in [5, 5.41) is 3.68. The van der Waals surface area contributed by atoms with Crippen molar-refractivity contribution in [3.63, 3.8) is 0 Å². The van der Waals surface area contributed by atoms with Gasteiger partial charge in [0, 0.05) is 16.3 Å². The predicted octanol–water partition coefficient (Wildman–Crippen LogP) is 3.18. The third-order valence-corrected chi connectivity index (χ3v) is 7.01. The van der Waals surface area contributed by atoms with Gasteiger partial charge in [0.05, 0.1) is 19.4 Å². The average Bonchev–Trinajstić information content (AvgIpc) is 3.43. The van der Waals surface area contributed by atoms with Gasteiger partial charge in [-0.2, -0.15) is 5.01 Å². The molecule has 0 atom stereocenters. The topological polar surface area (TPSA) is 94.9 Å². The van der Waals surface area contributed by atoms with Gasteiger partial charge in [-0.25, -0.2) is 4.79 Å². The number of furan rings is 1. The van der Waals surface area contributed by atoms with E-state index in [4.69, 9.17) is 4.42 Å². The van der Waals surface area contributed by atoms with Gasteiger partial charge in [-0.1, -0.05) is 6.92 Å². The van der Waals surface area contributed by atoms with Crippen molar-refractivity contribution in [2.75, 3.05) is 6.54 Å². The fraction of sp³-hybridized carbons (Fsp3) is 0.500. The summed E-state index contributed by atoms with van der Waals surface area (Å²) in [4.78, 5) is 42.5. The highest BCUT2D eigenvalue weighted by atomic mass is 32.1. The van der Waals surface area contributed by atoms with E-state index in [0.717, 1.165) is 28.5 Å². The van der Waals surface area contributed by atoms with Crippen LogP contribution in [-0.4, -0.2) is 39.8 Å². The van der Waals surface area contributed by atoms with Crippen LogP contribution >= 0.6 is 11.3 Å². The van der Waals surface area contributed by atoms with Gasteiger partial charge in [0.1, 0.15) is 11.3 Å². The Morgan fingerprint density at radius 1 is 1.29 bits per heavy atom. The van der Waals surface area contributed by atoms with Crippen molar-refractivity contribution < 1.29 is 18.8 Å². The Hall–Kier alpha value is -2.65. The summed E-state index contributed by atoms with van der Waals surface area (Å²) >= 11 is 1.67. The zero-order valence-corrected chi connectivity index (χ0v) is 18.7. The van der Waals surface area contributed by atoms with Crippen LogP contribution < -0.4 is 10.7 Å². The summed E-state index contributed by atoms with van der Waals surface area (Å²) in [6.45, 7) is 5.22. The quantitative estimate of drug-likeness (QED) is 0.640. The fourth-order valence-corrected chi connectivity index (χ4v) is 5.19. The molecule has 3 heterocycles. The van der Waals surface area contributed by atoms with Crippen molar-refractivity contribution in [2.45, 2.75) is 58.2 Å². The molecule has 2 aliphatic rings. The first-order valence-corrected chi connectivity index (χ1v) is 11.4. The van der Waals surface area contributed by atoms with Gasteiger partial charge < -0.3 is 9.73 Å². The molecular weight excluding hydrogens is 416 g/mol.